The van der Waals surface area contributed by atoms with Crippen molar-refractivity contribution in [3.63, 3.8) is 0 Å². The second-order valence-electron chi connectivity index (χ2n) is 8.60. The van der Waals surface area contributed by atoms with Gasteiger partial charge in [0.05, 0.1) is 0 Å². The largest absolute Gasteiger partial charge is 0.361 e. The number of rotatable bonds is 3. The number of imidazole rings is 1. The van der Waals surface area contributed by atoms with Crippen LogP contribution in [0.5, 0.6) is 0 Å². The maximum atomic E-state index is 4.58. The Bertz CT molecular complexity index is 935. The maximum absolute atomic E-state index is 4.58. The van der Waals surface area contributed by atoms with Crippen LogP contribution in [0.4, 0.5) is 0 Å². The number of fused-ring (bicyclic) bond motifs is 2. The number of piperidine rings is 1. The lowest BCUT2D eigenvalue weighted by atomic mass is 9.72. The van der Waals surface area contributed by atoms with Crippen LogP contribution in [-0.4, -0.2) is 39.1 Å². The number of nitrogens with one attached hydrogen (secondary N) is 1. The van der Waals surface area contributed by atoms with E-state index in [4.69, 9.17) is 0 Å². The molecule has 0 saturated carbocycles. The Hall–Kier alpha value is -2.07. The molecule has 2 aliphatic rings. The first-order valence-corrected chi connectivity index (χ1v) is 9.92. The topological polar surface area (TPSA) is 36.9 Å². The van der Waals surface area contributed by atoms with Gasteiger partial charge in [-0.1, -0.05) is 26.0 Å². The zero-order valence-corrected chi connectivity index (χ0v) is 15.9. The third kappa shape index (κ3) is 2.43. The number of aromatic nitrogens is 3. The molecule has 0 radical (unpaired) electrons. The number of nitrogens with zero attached hydrogens (tertiary/aromatic N) is 3. The van der Waals surface area contributed by atoms with Crippen molar-refractivity contribution in [3.05, 3.63) is 53.7 Å². The van der Waals surface area contributed by atoms with Crippen LogP contribution in [0.15, 0.2) is 36.8 Å². The summed E-state index contributed by atoms with van der Waals surface area (Å²) in [5.41, 5.74) is 4.36. The van der Waals surface area contributed by atoms with Crippen molar-refractivity contribution >= 4 is 10.9 Å². The molecule has 4 heteroatoms. The second kappa shape index (κ2) is 5.98. The van der Waals surface area contributed by atoms with Gasteiger partial charge < -0.3 is 14.5 Å². The summed E-state index contributed by atoms with van der Waals surface area (Å²) in [6.07, 6.45) is 8.79. The van der Waals surface area contributed by atoms with E-state index in [0.29, 0.717) is 23.8 Å². The minimum atomic E-state index is 0.477. The smallest absolute Gasteiger partial charge is 0.111 e. The predicted octanol–water partition coefficient (Wildman–Crippen LogP) is 4.15. The van der Waals surface area contributed by atoms with Crippen molar-refractivity contribution in [2.45, 2.75) is 51.1 Å². The van der Waals surface area contributed by atoms with Crippen LogP contribution in [0.3, 0.4) is 0 Å². The van der Waals surface area contributed by atoms with Gasteiger partial charge in [0, 0.05) is 60.5 Å². The van der Waals surface area contributed by atoms with Crippen LogP contribution in [0, 0.1) is 5.92 Å². The lowest BCUT2D eigenvalue weighted by molar-refractivity contribution is 0.103. The molecule has 1 aliphatic carbocycles. The highest BCUT2D eigenvalue weighted by molar-refractivity contribution is 5.88. The Labute approximate surface area is 155 Å². The fourth-order valence-electron chi connectivity index (χ4n) is 5.44. The molecule has 1 fully saturated rings. The highest BCUT2D eigenvalue weighted by Gasteiger charge is 2.39. The molecule has 5 rings (SSSR count). The summed E-state index contributed by atoms with van der Waals surface area (Å²) in [4.78, 5) is 10.7. The van der Waals surface area contributed by atoms with Gasteiger partial charge in [-0.25, -0.2) is 4.98 Å². The Morgan fingerprint density at radius 1 is 1.31 bits per heavy atom. The number of aromatic amines is 1. The predicted molar refractivity (Wildman–Crippen MR) is 106 cm³/mol. The molecule has 1 aliphatic heterocycles. The summed E-state index contributed by atoms with van der Waals surface area (Å²) in [6, 6.07) is 7.43. The normalized spacial score (nSPS) is 25.8. The average molecular weight is 348 g/mol. The van der Waals surface area contributed by atoms with Gasteiger partial charge in [-0.15, -0.1) is 0 Å². The van der Waals surface area contributed by atoms with Crippen molar-refractivity contribution in [1.82, 2.24) is 19.4 Å². The van der Waals surface area contributed by atoms with Gasteiger partial charge in [0.25, 0.3) is 0 Å². The van der Waals surface area contributed by atoms with Crippen LogP contribution < -0.4 is 0 Å². The van der Waals surface area contributed by atoms with E-state index in [2.05, 4.69) is 70.9 Å². The number of likely N-dealkylation sites (N-methyl/N-ethyl adjacent to an activating group) is 1. The Morgan fingerprint density at radius 2 is 2.19 bits per heavy atom. The number of hydrogen-bond acceptors (Lipinski definition) is 2. The van der Waals surface area contributed by atoms with Crippen LogP contribution in [-0.2, 0) is 13.0 Å². The van der Waals surface area contributed by atoms with E-state index in [1.54, 1.807) is 5.56 Å². The molecule has 0 spiro atoms. The van der Waals surface area contributed by atoms with Crippen LogP contribution in [0.25, 0.3) is 10.9 Å². The van der Waals surface area contributed by atoms with E-state index < -0.39 is 0 Å². The van der Waals surface area contributed by atoms with Crippen molar-refractivity contribution in [2.75, 3.05) is 13.6 Å². The summed E-state index contributed by atoms with van der Waals surface area (Å²) in [5, 5.41) is 1.49. The van der Waals surface area contributed by atoms with Gasteiger partial charge >= 0.3 is 0 Å². The van der Waals surface area contributed by atoms with Crippen molar-refractivity contribution in [1.29, 1.82) is 0 Å². The van der Waals surface area contributed by atoms with Gasteiger partial charge in [-0.3, -0.25) is 0 Å². The molecule has 1 aromatic carbocycles. The van der Waals surface area contributed by atoms with Gasteiger partial charge in [-0.2, -0.15) is 0 Å². The number of hydrogen-bond donors (Lipinski definition) is 1. The highest BCUT2D eigenvalue weighted by Crippen LogP contribution is 2.44. The van der Waals surface area contributed by atoms with Crippen LogP contribution in [0.2, 0.25) is 0 Å². The van der Waals surface area contributed by atoms with E-state index in [1.165, 1.54) is 41.7 Å². The molecule has 0 unspecified atom stereocenters. The number of H-pyrrole nitrogens is 1. The van der Waals surface area contributed by atoms with Crippen molar-refractivity contribution < 1.29 is 0 Å². The molecule has 3 heterocycles. The van der Waals surface area contributed by atoms with Crippen LogP contribution in [0.1, 0.15) is 49.1 Å². The third-order valence-electron chi connectivity index (χ3n) is 6.53. The molecule has 0 amide bonds. The SMILES string of the molecule is CC(C)c1nccn1C[C@H]1C[C@@H]2c3cccc4[nH]cc(c34)C[C@H]2N(C)C1. The Balaban J connectivity index is 1.47. The summed E-state index contributed by atoms with van der Waals surface area (Å²) >= 11 is 0. The molecule has 4 nitrogen and oxygen atoms in total. The summed E-state index contributed by atoms with van der Waals surface area (Å²) in [6.45, 7) is 6.72. The average Bonchev–Trinajstić information content (AvgIpc) is 3.24. The van der Waals surface area contributed by atoms with Gasteiger partial charge in [0.2, 0.25) is 0 Å². The lowest BCUT2D eigenvalue weighted by Crippen LogP contribution is -2.48. The Morgan fingerprint density at radius 3 is 3.04 bits per heavy atom. The quantitative estimate of drug-likeness (QED) is 0.772. The fraction of sp³-hybridized carbons (Fsp3) is 0.500. The minimum Gasteiger partial charge on any atom is -0.361 e. The lowest BCUT2D eigenvalue weighted by Gasteiger charge is -2.45. The molecule has 0 bridgehead atoms. The van der Waals surface area contributed by atoms with Gasteiger partial charge in [0.1, 0.15) is 5.82 Å². The molecule has 3 atom stereocenters. The van der Waals surface area contributed by atoms with E-state index in [0.717, 1.165) is 6.54 Å². The summed E-state index contributed by atoms with van der Waals surface area (Å²) < 4.78 is 2.38. The zero-order valence-electron chi connectivity index (χ0n) is 15.9. The Kier molecular flexibility index (Phi) is 3.71. The number of likely N-dealkylation sites (tertiary alicyclic amines) is 1. The van der Waals surface area contributed by atoms with E-state index in [1.807, 2.05) is 6.20 Å². The maximum Gasteiger partial charge on any atom is 0.111 e. The third-order valence-corrected chi connectivity index (χ3v) is 6.53. The first-order chi connectivity index (χ1) is 12.6. The highest BCUT2D eigenvalue weighted by atomic mass is 15.2. The van der Waals surface area contributed by atoms with E-state index in [9.17, 15) is 0 Å². The fourth-order valence-corrected chi connectivity index (χ4v) is 5.44. The standard InChI is InChI=1S/C22H28N4/c1-14(2)22-23-7-8-26(22)13-15-9-18-17-5-4-6-19-21(17)16(11-24-19)10-20(18)25(3)12-15/h4-8,11,14-15,18,20,24H,9-10,12-13H2,1-3H3/t15-,18+,20+/m0/s1. The monoisotopic (exact) mass is 348 g/mol. The number of benzene rings is 1. The van der Waals surface area contributed by atoms with Crippen LogP contribution >= 0.6 is 0 Å². The molecular formula is C22H28N4. The molecular weight excluding hydrogens is 320 g/mol. The van der Waals surface area contributed by atoms with E-state index >= 15 is 0 Å². The van der Waals surface area contributed by atoms with Crippen molar-refractivity contribution in [2.24, 2.45) is 5.92 Å². The molecule has 136 valence electrons. The van der Waals surface area contributed by atoms with Gasteiger partial charge in [0.15, 0.2) is 0 Å². The van der Waals surface area contributed by atoms with E-state index in [-0.39, 0.29) is 0 Å². The molecule has 2 aromatic heterocycles. The molecule has 1 saturated heterocycles. The summed E-state index contributed by atoms with van der Waals surface area (Å²) in [5.74, 6) is 3.00. The minimum absolute atomic E-state index is 0.477. The zero-order chi connectivity index (χ0) is 17.8. The first kappa shape index (κ1) is 16.1. The molecule has 26 heavy (non-hydrogen) atoms. The summed E-state index contributed by atoms with van der Waals surface area (Å²) in [7, 11) is 2.32. The molecule has 1 N–H and O–H groups in total. The van der Waals surface area contributed by atoms with Crippen molar-refractivity contribution in [3.8, 4) is 0 Å². The van der Waals surface area contributed by atoms with Gasteiger partial charge in [-0.05, 0) is 43.0 Å². The first-order valence-electron chi connectivity index (χ1n) is 9.92. The second-order valence-corrected chi connectivity index (χ2v) is 8.60. The molecule has 3 aromatic rings.